The molecule has 0 saturated carbocycles. The molecule has 4 aromatic rings. The number of rotatable bonds is 6. The van der Waals surface area contributed by atoms with Gasteiger partial charge in [-0.05, 0) is 54.4 Å². The second kappa shape index (κ2) is 8.14. The monoisotopic (exact) mass is 386 g/mol. The third-order valence-electron chi connectivity index (χ3n) is 4.76. The minimum atomic E-state index is -0.151. The van der Waals surface area contributed by atoms with Crippen molar-refractivity contribution in [3.8, 4) is 16.9 Å². The summed E-state index contributed by atoms with van der Waals surface area (Å²) in [6.45, 7) is 2.70. The Labute approximate surface area is 169 Å². The smallest absolute Gasteiger partial charge is 0.252 e. The number of aryl methyl sites for hydroxylation is 2. The summed E-state index contributed by atoms with van der Waals surface area (Å²) >= 11 is 0. The van der Waals surface area contributed by atoms with Gasteiger partial charge in [-0.1, -0.05) is 18.2 Å². The average molecular weight is 386 g/mol. The Bertz CT molecular complexity index is 1130. The first-order valence-electron chi connectivity index (χ1n) is 9.46. The third kappa shape index (κ3) is 4.27. The van der Waals surface area contributed by atoms with E-state index < -0.39 is 0 Å². The third-order valence-corrected chi connectivity index (χ3v) is 4.76. The van der Waals surface area contributed by atoms with Gasteiger partial charge in [0, 0.05) is 24.3 Å². The van der Waals surface area contributed by atoms with E-state index in [0.29, 0.717) is 18.7 Å². The molecule has 0 bridgehead atoms. The highest BCUT2D eigenvalue weighted by Crippen LogP contribution is 2.26. The molecule has 0 aliphatic heterocycles. The molecule has 4 rings (SSSR count). The summed E-state index contributed by atoms with van der Waals surface area (Å²) in [5.41, 5.74) is 4.79. The highest BCUT2D eigenvalue weighted by molar-refractivity contribution is 5.93. The van der Waals surface area contributed by atoms with Crippen molar-refractivity contribution < 1.29 is 9.53 Å². The maximum absolute atomic E-state index is 12.1. The molecule has 2 aromatic carbocycles. The molecule has 2 heterocycles. The Morgan fingerprint density at radius 1 is 1.03 bits per heavy atom. The van der Waals surface area contributed by atoms with Gasteiger partial charge in [-0.15, -0.1) is 0 Å². The van der Waals surface area contributed by atoms with E-state index in [-0.39, 0.29) is 5.91 Å². The van der Waals surface area contributed by atoms with Crippen LogP contribution >= 0.6 is 0 Å². The summed E-state index contributed by atoms with van der Waals surface area (Å²) in [7, 11) is 1.94. The molecular weight excluding hydrogens is 364 g/mol. The number of carbonyl (C=O) groups is 1. The quantitative estimate of drug-likeness (QED) is 0.513. The highest BCUT2D eigenvalue weighted by atomic mass is 16.5. The summed E-state index contributed by atoms with van der Waals surface area (Å²) in [6, 6.07) is 17.8. The van der Waals surface area contributed by atoms with Crippen LogP contribution in [0.3, 0.4) is 0 Å². The normalized spacial score (nSPS) is 10.8. The van der Waals surface area contributed by atoms with Gasteiger partial charge < -0.3 is 10.1 Å². The SMILES string of the molecule is Cc1ccc(C(=O)NCCOc2ccc(-c3ccc4c(cnn4C)c3)cc2)cn1. The van der Waals surface area contributed by atoms with E-state index in [1.54, 1.807) is 12.3 Å². The minimum Gasteiger partial charge on any atom is -0.492 e. The lowest BCUT2D eigenvalue weighted by molar-refractivity contribution is 0.0946. The number of hydrogen-bond donors (Lipinski definition) is 1. The van der Waals surface area contributed by atoms with Crippen LogP contribution in [0.25, 0.3) is 22.0 Å². The maximum atomic E-state index is 12.1. The molecule has 6 nitrogen and oxygen atoms in total. The lowest BCUT2D eigenvalue weighted by Crippen LogP contribution is -2.28. The van der Waals surface area contributed by atoms with Gasteiger partial charge >= 0.3 is 0 Å². The van der Waals surface area contributed by atoms with E-state index in [1.165, 1.54) is 0 Å². The topological polar surface area (TPSA) is 69.0 Å². The molecule has 6 heteroatoms. The van der Waals surface area contributed by atoms with Gasteiger partial charge in [-0.25, -0.2) is 0 Å². The number of carbonyl (C=O) groups excluding carboxylic acids is 1. The fourth-order valence-electron chi connectivity index (χ4n) is 3.12. The molecule has 29 heavy (non-hydrogen) atoms. The van der Waals surface area contributed by atoms with Crippen molar-refractivity contribution >= 4 is 16.8 Å². The van der Waals surface area contributed by atoms with Crippen molar-refractivity contribution in [2.75, 3.05) is 13.2 Å². The number of nitrogens with zero attached hydrogens (tertiary/aromatic N) is 3. The molecule has 0 saturated heterocycles. The summed E-state index contributed by atoms with van der Waals surface area (Å²) in [6.07, 6.45) is 3.45. The van der Waals surface area contributed by atoms with Crippen molar-refractivity contribution in [1.29, 1.82) is 0 Å². The van der Waals surface area contributed by atoms with Gasteiger partial charge in [0.2, 0.25) is 0 Å². The maximum Gasteiger partial charge on any atom is 0.252 e. The minimum absolute atomic E-state index is 0.151. The van der Waals surface area contributed by atoms with Crippen molar-refractivity contribution in [3.63, 3.8) is 0 Å². The Morgan fingerprint density at radius 2 is 1.83 bits per heavy atom. The molecule has 0 aliphatic carbocycles. The zero-order valence-electron chi connectivity index (χ0n) is 16.4. The number of hydrogen-bond acceptors (Lipinski definition) is 4. The van der Waals surface area contributed by atoms with Gasteiger partial charge in [0.15, 0.2) is 0 Å². The number of aromatic nitrogens is 3. The second-order valence-electron chi connectivity index (χ2n) is 6.86. The number of benzene rings is 2. The first-order valence-corrected chi connectivity index (χ1v) is 9.46. The van der Waals surface area contributed by atoms with Crippen molar-refractivity contribution in [3.05, 3.63) is 78.2 Å². The van der Waals surface area contributed by atoms with Gasteiger partial charge in [0.05, 0.1) is 23.8 Å². The zero-order valence-corrected chi connectivity index (χ0v) is 16.4. The van der Waals surface area contributed by atoms with Gasteiger partial charge in [0.25, 0.3) is 5.91 Å². The zero-order chi connectivity index (χ0) is 20.2. The summed E-state index contributed by atoms with van der Waals surface area (Å²) in [5, 5.41) is 8.23. The molecule has 0 unspecified atom stereocenters. The summed E-state index contributed by atoms with van der Waals surface area (Å²) in [5.74, 6) is 0.615. The predicted octanol–water partition coefficient (Wildman–Crippen LogP) is 3.75. The van der Waals surface area contributed by atoms with Gasteiger partial charge in [-0.2, -0.15) is 5.10 Å². The van der Waals surface area contributed by atoms with E-state index in [2.05, 4.69) is 33.6 Å². The Balaban J connectivity index is 1.31. The summed E-state index contributed by atoms with van der Waals surface area (Å²) < 4.78 is 7.60. The number of nitrogens with one attached hydrogen (secondary N) is 1. The van der Waals surface area contributed by atoms with Crippen LogP contribution in [0.15, 0.2) is 67.0 Å². The number of ether oxygens (including phenoxy) is 1. The molecular formula is C23H22N4O2. The lowest BCUT2D eigenvalue weighted by atomic mass is 10.0. The van der Waals surface area contributed by atoms with E-state index >= 15 is 0 Å². The molecule has 0 atom stereocenters. The first-order chi connectivity index (χ1) is 14.1. The number of fused-ring (bicyclic) bond motifs is 1. The lowest BCUT2D eigenvalue weighted by Gasteiger charge is -2.09. The highest BCUT2D eigenvalue weighted by Gasteiger charge is 2.06. The van der Waals surface area contributed by atoms with E-state index in [0.717, 1.165) is 33.5 Å². The molecule has 0 spiro atoms. The first kappa shape index (κ1) is 18.7. The molecule has 0 fully saturated rings. The van der Waals surface area contributed by atoms with Crippen molar-refractivity contribution in [1.82, 2.24) is 20.1 Å². The molecule has 2 aromatic heterocycles. The Hall–Kier alpha value is -3.67. The van der Waals surface area contributed by atoms with Crippen LogP contribution < -0.4 is 10.1 Å². The predicted molar refractivity (Wildman–Crippen MR) is 113 cm³/mol. The fraction of sp³-hybridized carbons (Fsp3) is 0.174. The molecule has 0 aliphatic rings. The van der Waals surface area contributed by atoms with Crippen LogP contribution in [-0.2, 0) is 7.05 Å². The van der Waals surface area contributed by atoms with Crippen LogP contribution in [0, 0.1) is 6.92 Å². The van der Waals surface area contributed by atoms with Crippen LogP contribution in [0.4, 0.5) is 0 Å². The molecule has 1 N–H and O–H groups in total. The van der Waals surface area contributed by atoms with E-state index in [4.69, 9.17) is 4.74 Å². The average Bonchev–Trinajstić information content (AvgIpc) is 3.12. The second-order valence-corrected chi connectivity index (χ2v) is 6.86. The van der Waals surface area contributed by atoms with Crippen LogP contribution in [0.5, 0.6) is 5.75 Å². The Morgan fingerprint density at radius 3 is 2.59 bits per heavy atom. The van der Waals surface area contributed by atoms with E-state index in [9.17, 15) is 4.79 Å². The standard InChI is InChI=1S/C23H22N4O2/c1-16-3-4-19(14-25-16)23(28)24-11-12-29-21-8-5-17(6-9-21)18-7-10-22-20(13-18)15-26-27(22)2/h3-10,13-15H,11-12H2,1-2H3,(H,24,28). The van der Waals surface area contributed by atoms with Crippen LogP contribution in [0.1, 0.15) is 16.1 Å². The molecule has 146 valence electrons. The van der Waals surface area contributed by atoms with E-state index in [1.807, 2.05) is 55.2 Å². The largest absolute Gasteiger partial charge is 0.492 e. The van der Waals surface area contributed by atoms with Gasteiger partial charge in [-0.3, -0.25) is 14.5 Å². The Kier molecular flexibility index (Phi) is 5.24. The number of amides is 1. The number of pyridine rings is 1. The fourth-order valence-corrected chi connectivity index (χ4v) is 3.12. The van der Waals surface area contributed by atoms with Crippen molar-refractivity contribution in [2.24, 2.45) is 7.05 Å². The van der Waals surface area contributed by atoms with Crippen molar-refractivity contribution in [2.45, 2.75) is 6.92 Å². The molecule has 0 radical (unpaired) electrons. The molecule has 1 amide bonds. The van der Waals surface area contributed by atoms with Crippen LogP contribution in [0.2, 0.25) is 0 Å². The van der Waals surface area contributed by atoms with Crippen LogP contribution in [-0.4, -0.2) is 33.8 Å². The van der Waals surface area contributed by atoms with Gasteiger partial charge in [0.1, 0.15) is 12.4 Å². The summed E-state index contributed by atoms with van der Waals surface area (Å²) in [4.78, 5) is 16.2.